The van der Waals surface area contributed by atoms with Crippen molar-refractivity contribution >= 4 is 5.97 Å². The Hall–Kier alpha value is -1.36. The smallest absolute Gasteiger partial charge is 0.321 e. The van der Waals surface area contributed by atoms with E-state index in [1.165, 1.54) is 0 Å². The normalized spacial score (nSPS) is 13.1. The van der Waals surface area contributed by atoms with Crippen molar-refractivity contribution in [1.29, 1.82) is 0 Å². The fourth-order valence-electron chi connectivity index (χ4n) is 1.26. The van der Waals surface area contributed by atoms with Gasteiger partial charge >= 0.3 is 5.97 Å². The molecule has 0 amide bonds. The molecule has 1 heterocycles. The van der Waals surface area contributed by atoms with Crippen LogP contribution < -0.4 is 0 Å². The topological polar surface area (TPSA) is 58.4 Å². The van der Waals surface area contributed by atoms with Crippen molar-refractivity contribution in [1.82, 2.24) is 14.5 Å². The van der Waals surface area contributed by atoms with Gasteiger partial charge in [-0.15, -0.1) is 0 Å². The van der Waals surface area contributed by atoms with Crippen molar-refractivity contribution in [3.63, 3.8) is 0 Å². The lowest BCUT2D eigenvalue weighted by atomic mass is 10.1. The summed E-state index contributed by atoms with van der Waals surface area (Å²) in [6, 6.07) is -0.509. The molecule has 0 aliphatic heterocycles. The number of hydrogen-bond acceptors (Lipinski definition) is 3. The fraction of sp³-hybridized carbons (Fsp3) is 0.556. The first-order valence-electron chi connectivity index (χ1n) is 4.36. The van der Waals surface area contributed by atoms with Gasteiger partial charge in [-0.2, -0.15) is 0 Å². The van der Waals surface area contributed by atoms with Gasteiger partial charge in [-0.05, 0) is 14.1 Å². The van der Waals surface area contributed by atoms with Gasteiger partial charge in [0.15, 0.2) is 0 Å². The van der Waals surface area contributed by atoms with Gasteiger partial charge in [-0.1, -0.05) is 0 Å². The van der Waals surface area contributed by atoms with Crippen LogP contribution in [0.15, 0.2) is 12.5 Å². The zero-order chi connectivity index (χ0) is 10.7. The van der Waals surface area contributed by atoms with Crippen LogP contribution in [0.1, 0.15) is 5.69 Å². The summed E-state index contributed by atoms with van der Waals surface area (Å²) in [5.74, 6) is -0.819. The predicted molar refractivity (Wildman–Crippen MR) is 52.0 cm³/mol. The van der Waals surface area contributed by atoms with E-state index >= 15 is 0 Å². The summed E-state index contributed by atoms with van der Waals surface area (Å²) in [6.45, 7) is 0. The summed E-state index contributed by atoms with van der Waals surface area (Å²) in [6.07, 6.45) is 3.94. The maximum Gasteiger partial charge on any atom is 0.321 e. The maximum absolute atomic E-state index is 10.9. The van der Waals surface area contributed by atoms with E-state index in [4.69, 9.17) is 5.11 Å². The van der Waals surface area contributed by atoms with Gasteiger partial charge in [0.25, 0.3) is 0 Å². The van der Waals surface area contributed by atoms with E-state index in [0.717, 1.165) is 5.69 Å². The molecular weight excluding hydrogens is 182 g/mol. The van der Waals surface area contributed by atoms with Crippen LogP contribution in [0.25, 0.3) is 0 Å². The van der Waals surface area contributed by atoms with Crippen molar-refractivity contribution in [3.8, 4) is 0 Å². The second-order valence-corrected chi connectivity index (χ2v) is 3.55. The van der Waals surface area contributed by atoms with Crippen LogP contribution in [0.3, 0.4) is 0 Å². The molecule has 0 saturated carbocycles. The third-order valence-corrected chi connectivity index (χ3v) is 2.07. The Morgan fingerprint density at radius 1 is 1.71 bits per heavy atom. The largest absolute Gasteiger partial charge is 0.480 e. The van der Waals surface area contributed by atoms with Gasteiger partial charge in [0, 0.05) is 19.7 Å². The number of aliphatic carboxylic acids is 1. The van der Waals surface area contributed by atoms with Crippen LogP contribution in [-0.2, 0) is 18.3 Å². The molecule has 5 heteroatoms. The van der Waals surface area contributed by atoms with Crippen LogP contribution in [0.2, 0.25) is 0 Å². The highest BCUT2D eigenvalue weighted by molar-refractivity contribution is 5.73. The van der Waals surface area contributed by atoms with Crippen LogP contribution >= 0.6 is 0 Å². The summed E-state index contributed by atoms with van der Waals surface area (Å²) >= 11 is 0. The van der Waals surface area contributed by atoms with Gasteiger partial charge < -0.3 is 9.67 Å². The molecule has 1 atom stereocenters. The number of carbonyl (C=O) groups is 1. The molecule has 1 N–H and O–H groups in total. The average molecular weight is 197 g/mol. The van der Waals surface area contributed by atoms with Crippen LogP contribution in [0.5, 0.6) is 0 Å². The molecule has 1 aromatic heterocycles. The summed E-state index contributed by atoms with van der Waals surface area (Å²) < 4.78 is 1.81. The van der Waals surface area contributed by atoms with E-state index in [-0.39, 0.29) is 0 Å². The predicted octanol–water partition coefficient (Wildman–Crippen LogP) is -0.0226. The Morgan fingerprint density at radius 2 is 2.36 bits per heavy atom. The summed E-state index contributed by atoms with van der Waals surface area (Å²) in [5.41, 5.74) is 0.800. The zero-order valence-electron chi connectivity index (χ0n) is 8.64. The van der Waals surface area contributed by atoms with E-state index in [1.54, 1.807) is 25.3 Å². The van der Waals surface area contributed by atoms with Crippen molar-refractivity contribution in [2.45, 2.75) is 12.5 Å². The lowest BCUT2D eigenvalue weighted by Gasteiger charge is -2.18. The van der Waals surface area contributed by atoms with Gasteiger partial charge in [-0.3, -0.25) is 9.69 Å². The van der Waals surface area contributed by atoms with Gasteiger partial charge in [-0.25, -0.2) is 4.98 Å². The van der Waals surface area contributed by atoms with Crippen molar-refractivity contribution in [2.75, 3.05) is 14.1 Å². The molecule has 0 aliphatic carbocycles. The van der Waals surface area contributed by atoms with Gasteiger partial charge in [0.2, 0.25) is 0 Å². The van der Waals surface area contributed by atoms with E-state index in [1.807, 2.05) is 17.8 Å². The number of hydrogen-bond donors (Lipinski definition) is 1. The number of carboxylic acid groups (broad SMARTS) is 1. The number of rotatable bonds is 4. The summed E-state index contributed by atoms with van der Waals surface area (Å²) in [4.78, 5) is 16.6. The highest BCUT2D eigenvalue weighted by Crippen LogP contribution is 2.04. The second-order valence-electron chi connectivity index (χ2n) is 3.55. The number of aryl methyl sites for hydroxylation is 1. The number of imidazole rings is 1. The minimum Gasteiger partial charge on any atom is -0.480 e. The lowest BCUT2D eigenvalue weighted by molar-refractivity contribution is -0.142. The highest BCUT2D eigenvalue weighted by atomic mass is 16.4. The Labute approximate surface area is 83.0 Å². The first kappa shape index (κ1) is 10.7. The molecule has 14 heavy (non-hydrogen) atoms. The standard InChI is InChI=1S/C9H15N3O2/c1-11(2)8(9(13)14)4-7-5-12(3)6-10-7/h5-6,8H,4H2,1-3H3,(H,13,14). The van der Waals surface area contributed by atoms with Crippen LogP contribution in [0, 0.1) is 0 Å². The molecule has 5 nitrogen and oxygen atoms in total. The molecule has 1 rings (SSSR count). The fourth-order valence-corrected chi connectivity index (χ4v) is 1.26. The second kappa shape index (κ2) is 4.23. The number of aromatic nitrogens is 2. The molecule has 0 fully saturated rings. The Bertz CT molecular complexity index is 320. The molecular formula is C9H15N3O2. The van der Waals surface area contributed by atoms with E-state index in [9.17, 15) is 4.79 Å². The minimum atomic E-state index is -0.819. The summed E-state index contributed by atoms with van der Waals surface area (Å²) in [5, 5.41) is 8.94. The SMILES string of the molecule is CN(C)C(Cc1cn(C)cn1)C(=O)O. The molecule has 78 valence electrons. The van der Waals surface area contributed by atoms with Crippen LogP contribution in [0.4, 0.5) is 0 Å². The van der Waals surface area contributed by atoms with Crippen molar-refractivity contribution in [2.24, 2.45) is 7.05 Å². The Kier molecular flexibility index (Phi) is 3.24. The first-order valence-corrected chi connectivity index (χ1v) is 4.36. The minimum absolute atomic E-state index is 0.434. The molecule has 0 spiro atoms. The maximum atomic E-state index is 10.9. The van der Waals surface area contributed by atoms with Gasteiger partial charge in [0.05, 0.1) is 12.0 Å². The zero-order valence-corrected chi connectivity index (χ0v) is 8.64. The lowest BCUT2D eigenvalue weighted by Crippen LogP contribution is -2.37. The Morgan fingerprint density at radius 3 is 2.71 bits per heavy atom. The molecule has 1 unspecified atom stereocenters. The highest BCUT2D eigenvalue weighted by Gasteiger charge is 2.20. The number of carboxylic acids is 1. The van der Waals surface area contributed by atoms with Crippen molar-refractivity contribution in [3.05, 3.63) is 18.2 Å². The third kappa shape index (κ3) is 2.56. The average Bonchev–Trinajstić information content (AvgIpc) is 2.46. The monoisotopic (exact) mass is 197 g/mol. The number of nitrogens with zero attached hydrogens (tertiary/aromatic N) is 3. The van der Waals surface area contributed by atoms with Gasteiger partial charge in [0.1, 0.15) is 6.04 Å². The molecule has 0 saturated heterocycles. The number of likely N-dealkylation sites (N-methyl/N-ethyl adjacent to an activating group) is 1. The van der Waals surface area contributed by atoms with Crippen LogP contribution in [-0.4, -0.2) is 45.7 Å². The van der Waals surface area contributed by atoms with Crippen molar-refractivity contribution < 1.29 is 9.90 Å². The summed E-state index contributed by atoms with van der Waals surface area (Å²) in [7, 11) is 5.37. The molecule has 0 aliphatic rings. The van der Waals surface area contributed by atoms with E-state index in [2.05, 4.69) is 4.98 Å². The molecule has 1 aromatic rings. The molecule has 0 aromatic carbocycles. The molecule has 0 bridgehead atoms. The third-order valence-electron chi connectivity index (χ3n) is 2.07. The van der Waals surface area contributed by atoms with E-state index in [0.29, 0.717) is 6.42 Å². The Balaban J connectivity index is 2.69. The van der Waals surface area contributed by atoms with E-state index < -0.39 is 12.0 Å². The quantitative estimate of drug-likeness (QED) is 0.736. The molecule has 0 radical (unpaired) electrons. The first-order chi connectivity index (χ1) is 6.50.